The van der Waals surface area contributed by atoms with Crippen molar-refractivity contribution in [1.82, 2.24) is 4.90 Å². The van der Waals surface area contributed by atoms with Gasteiger partial charge < -0.3 is 9.64 Å². The zero-order valence-corrected chi connectivity index (χ0v) is 14.5. The van der Waals surface area contributed by atoms with Gasteiger partial charge in [0.05, 0.1) is 6.61 Å². The fraction of sp³-hybridized carbons (Fsp3) is 0.500. The van der Waals surface area contributed by atoms with Gasteiger partial charge in [0.15, 0.2) is 0 Å². The van der Waals surface area contributed by atoms with E-state index in [0.29, 0.717) is 6.61 Å². The van der Waals surface area contributed by atoms with E-state index in [2.05, 4.69) is 39.4 Å². The van der Waals surface area contributed by atoms with Gasteiger partial charge in [-0.3, -0.25) is 9.69 Å². The Kier molecular flexibility index (Phi) is 5.51. The van der Waals surface area contributed by atoms with E-state index in [-0.39, 0.29) is 5.97 Å². The van der Waals surface area contributed by atoms with Crippen molar-refractivity contribution in [3.05, 3.63) is 29.6 Å². The zero-order valence-electron chi connectivity index (χ0n) is 13.7. The van der Waals surface area contributed by atoms with Crippen LogP contribution in [0.4, 0.5) is 5.69 Å². The number of benzene rings is 1. The second-order valence-corrected chi connectivity index (χ2v) is 6.93. The Bertz CT molecular complexity index is 647. The fourth-order valence-corrected chi connectivity index (χ4v) is 3.93. The van der Waals surface area contributed by atoms with Crippen LogP contribution in [-0.2, 0) is 9.53 Å². The Morgan fingerprint density at radius 3 is 2.78 bits per heavy atom. The molecule has 2 aromatic rings. The predicted octanol–water partition coefficient (Wildman–Crippen LogP) is 3.37. The van der Waals surface area contributed by atoms with E-state index in [9.17, 15) is 4.79 Å². The van der Waals surface area contributed by atoms with Gasteiger partial charge in [-0.05, 0) is 43.0 Å². The quantitative estimate of drug-likeness (QED) is 0.600. The molecule has 1 aromatic heterocycles. The van der Waals surface area contributed by atoms with Crippen LogP contribution in [0.15, 0.2) is 29.6 Å². The number of unbranched alkanes of at least 4 members (excludes halogenated alkanes) is 1. The van der Waals surface area contributed by atoms with E-state index in [0.717, 1.165) is 45.6 Å². The van der Waals surface area contributed by atoms with Crippen molar-refractivity contribution in [2.45, 2.75) is 19.8 Å². The molecule has 3 rings (SSSR count). The first-order valence-electron chi connectivity index (χ1n) is 8.31. The van der Waals surface area contributed by atoms with E-state index >= 15 is 0 Å². The van der Waals surface area contributed by atoms with Gasteiger partial charge in [0.1, 0.15) is 0 Å². The lowest BCUT2D eigenvalue weighted by molar-refractivity contribution is -0.141. The number of rotatable bonds is 6. The Labute approximate surface area is 141 Å². The number of hydrogen-bond acceptors (Lipinski definition) is 5. The molecule has 0 atom stereocenters. The SMILES string of the molecule is CC(=O)OCCCCN1CCN(c2cccc3sccc23)CC1. The van der Waals surface area contributed by atoms with Crippen molar-refractivity contribution in [1.29, 1.82) is 0 Å². The topological polar surface area (TPSA) is 32.8 Å². The van der Waals surface area contributed by atoms with Crippen LogP contribution >= 0.6 is 11.3 Å². The lowest BCUT2D eigenvalue weighted by atomic mass is 10.2. The summed E-state index contributed by atoms with van der Waals surface area (Å²) in [6.07, 6.45) is 2.04. The second kappa shape index (κ2) is 7.79. The summed E-state index contributed by atoms with van der Waals surface area (Å²) in [7, 11) is 0. The minimum Gasteiger partial charge on any atom is -0.466 e. The first-order valence-corrected chi connectivity index (χ1v) is 9.19. The van der Waals surface area contributed by atoms with E-state index in [1.54, 1.807) is 0 Å². The number of carbonyl (C=O) groups is 1. The highest BCUT2D eigenvalue weighted by Gasteiger charge is 2.18. The second-order valence-electron chi connectivity index (χ2n) is 5.99. The molecule has 1 aromatic carbocycles. The Balaban J connectivity index is 1.45. The molecule has 0 saturated carbocycles. The van der Waals surface area contributed by atoms with Crippen LogP contribution in [0.2, 0.25) is 0 Å². The van der Waals surface area contributed by atoms with E-state index in [4.69, 9.17) is 4.74 Å². The van der Waals surface area contributed by atoms with Crippen molar-refractivity contribution >= 4 is 33.1 Å². The van der Waals surface area contributed by atoms with Crippen LogP contribution in [0.5, 0.6) is 0 Å². The van der Waals surface area contributed by atoms with E-state index < -0.39 is 0 Å². The number of piperazine rings is 1. The normalized spacial score (nSPS) is 16.0. The molecule has 0 unspecified atom stereocenters. The van der Waals surface area contributed by atoms with Crippen LogP contribution in [0.3, 0.4) is 0 Å². The molecule has 0 radical (unpaired) electrons. The maximum Gasteiger partial charge on any atom is 0.302 e. The summed E-state index contributed by atoms with van der Waals surface area (Å²) in [5, 5.41) is 3.56. The summed E-state index contributed by atoms with van der Waals surface area (Å²) in [4.78, 5) is 15.7. The molecule has 1 aliphatic heterocycles. The lowest BCUT2D eigenvalue weighted by Crippen LogP contribution is -2.46. The first kappa shape index (κ1) is 16.3. The third-order valence-electron chi connectivity index (χ3n) is 4.36. The Morgan fingerprint density at radius 2 is 2.00 bits per heavy atom. The third kappa shape index (κ3) is 4.24. The molecule has 0 amide bonds. The highest BCUT2D eigenvalue weighted by molar-refractivity contribution is 7.17. The predicted molar refractivity (Wildman–Crippen MR) is 96.3 cm³/mol. The Morgan fingerprint density at radius 1 is 1.17 bits per heavy atom. The summed E-state index contributed by atoms with van der Waals surface area (Å²) < 4.78 is 6.35. The molecule has 0 bridgehead atoms. The van der Waals surface area contributed by atoms with Gasteiger partial charge in [-0.1, -0.05) is 6.07 Å². The molecule has 0 aliphatic carbocycles. The number of hydrogen-bond donors (Lipinski definition) is 0. The Hall–Kier alpha value is -1.59. The van der Waals surface area contributed by atoms with Gasteiger partial charge >= 0.3 is 5.97 Å². The highest BCUT2D eigenvalue weighted by atomic mass is 32.1. The summed E-state index contributed by atoms with van der Waals surface area (Å²) in [6, 6.07) is 8.83. The number of carbonyl (C=O) groups excluding carboxylic acids is 1. The molecule has 2 heterocycles. The minimum absolute atomic E-state index is 0.179. The number of fused-ring (bicyclic) bond motifs is 1. The molecular weight excluding hydrogens is 308 g/mol. The maximum absolute atomic E-state index is 10.7. The van der Waals surface area contributed by atoms with Crippen molar-refractivity contribution in [2.75, 3.05) is 44.2 Å². The van der Waals surface area contributed by atoms with Gasteiger partial charge in [0.2, 0.25) is 0 Å². The molecule has 4 nitrogen and oxygen atoms in total. The molecule has 0 N–H and O–H groups in total. The molecule has 1 saturated heterocycles. The number of esters is 1. The molecule has 124 valence electrons. The molecule has 5 heteroatoms. The molecular formula is C18H24N2O2S. The van der Waals surface area contributed by atoms with Crippen LogP contribution in [0.1, 0.15) is 19.8 Å². The van der Waals surface area contributed by atoms with Crippen LogP contribution < -0.4 is 4.90 Å². The summed E-state index contributed by atoms with van der Waals surface area (Å²) in [5.41, 5.74) is 1.37. The van der Waals surface area contributed by atoms with Gasteiger partial charge in [0.25, 0.3) is 0 Å². The van der Waals surface area contributed by atoms with Gasteiger partial charge in [0, 0.05) is 48.9 Å². The number of ether oxygens (including phenoxy) is 1. The fourth-order valence-electron chi connectivity index (χ4n) is 3.12. The van der Waals surface area contributed by atoms with Crippen molar-refractivity contribution in [2.24, 2.45) is 0 Å². The smallest absolute Gasteiger partial charge is 0.302 e. The van der Waals surface area contributed by atoms with Crippen molar-refractivity contribution < 1.29 is 9.53 Å². The number of anilines is 1. The van der Waals surface area contributed by atoms with Gasteiger partial charge in [-0.2, -0.15) is 0 Å². The van der Waals surface area contributed by atoms with Crippen molar-refractivity contribution in [3.8, 4) is 0 Å². The number of nitrogens with zero attached hydrogens (tertiary/aromatic N) is 2. The summed E-state index contributed by atoms with van der Waals surface area (Å²) >= 11 is 1.81. The standard InChI is InChI=1S/C18H24N2O2S/c1-15(21)22-13-3-2-8-19-9-11-20(12-10-19)17-5-4-6-18-16(17)7-14-23-18/h4-7,14H,2-3,8-13H2,1H3. The molecule has 23 heavy (non-hydrogen) atoms. The highest BCUT2D eigenvalue weighted by Crippen LogP contribution is 2.31. The molecule has 1 fully saturated rings. The van der Waals surface area contributed by atoms with E-state index in [1.807, 2.05) is 11.3 Å². The average Bonchev–Trinajstić information content (AvgIpc) is 3.03. The van der Waals surface area contributed by atoms with Crippen LogP contribution in [0, 0.1) is 0 Å². The largest absolute Gasteiger partial charge is 0.466 e. The van der Waals surface area contributed by atoms with Gasteiger partial charge in [-0.25, -0.2) is 0 Å². The van der Waals surface area contributed by atoms with Crippen LogP contribution in [-0.4, -0.2) is 50.2 Å². The van der Waals surface area contributed by atoms with E-state index in [1.165, 1.54) is 22.7 Å². The van der Waals surface area contributed by atoms with Crippen LogP contribution in [0.25, 0.3) is 10.1 Å². The minimum atomic E-state index is -0.179. The van der Waals surface area contributed by atoms with Gasteiger partial charge in [-0.15, -0.1) is 11.3 Å². The van der Waals surface area contributed by atoms with Crippen molar-refractivity contribution in [3.63, 3.8) is 0 Å². The lowest BCUT2D eigenvalue weighted by Gasteiger charge is -2.36. The average molecular weight is 332 g/mol. The maximum atomic E-state index is 10.7. The third-order valence-corrected chi connectivity index (χ3v) is 5.24. The molecule has 0 spiro atoms. The summed E-state index contributed by atoms with van der Waals surface area (Å²) in [5.74, 6) is -0.179. The molecule has 1 aliphatic rings. The zero-order chi connectivity index (χ0) is 16.1. The monoisotopic (exact) mass is 332 g/mol. The summed E-state index contributed by atoms with van der Waals surface area (Å²) in [6.45, 7) is 7.49. The number of thiophene rings is 1. The first-order chi connectivity index (χ1) is 11.2.